The van der Waals surface area contributed by atoms with E-state index in [1.54, 1.807) is 13.0 Å². The van der Waals surface area contributed by atoms with Crippen LogP contribution in [-0.4, -0.2) is 33.9 Å². The van der Waals surface area contributed by atoms with E-state index in [1.807, 2.05) is 29.2 Å². The second-order valence-electron chi connectivity index (χ2n) is 6.27. The van der Waals surface area contributed by atoms with E-state index in [-0.39, 0.29) is 5.91 Å². The average Bonchev–Trinajstić information content (AvgIpc) is 2.56. The molecule has 1 aliphatic heterocycles. The largest absolute Gasteiger partial charge is 0.339 e. The van der Waals surface area contributed by atoms with Gasteiger partial charge in [0.15, 0.2) is 0 Å². The molecule has 0 saturated carbocycles. The van der Waals surface area contributed by atoms with Crippen LogP contribution in [0.5, 0.6) is 0 Å². The Kier molecular flexibility index (Phi) is 5.14. The van der Waals surface area contributed by atoms with E-state index < -0.39 is 0 Å². The number of hydrogen-bond donors (Lipinski definition) is 1. The molecule has 1 aliphatic rings. The second kappa shape index (κ2) is 7.30. The van der Waals surface area contributed by atoms with Crippen LogP contribution in [0.4, 0.5) is 11.5 Å². The van der Waals surface area contributed by atoms with Crippen LogP contribution in [0.15, 0.2) is 34.8 Å². The van der Waals surface area contributed by atoms with Gasteiger partial charge in [-0.2, -0.15) is 0 Å². The number of anilines is 2. The zero-order valence-corrected chi connectivity index (χ0v) is 15.5. The van der Waals surface area contributed by atoms with Crippen molar-refractivity contribution < 1.29 is 4.79 Å². The number of rotatable bonds is 3. The number of piperidine rings is 1. The van der Waals surface area contributed by atoms with Crippen LogP contribution in [0.1, 0.15) is 36.1 Å². The van der Waals surface area contributed by atoms with E-state index in [0.29, 0.717) is 23.3 Å². The molecule has 6 heteroatoms. The molecular weight excluding hydrogens is 368 g/mol. The van der Waals surface area contributed by atoms with E-state index in [0.717, 1.165) is 36.1 Å². The minimum Gasteiger partial charge on any atom is -0.339 e. The number of carbonyl (C=O) groups excluding carboxylic acids is 1. The number of amides is 1. The number of nitrogens with one attached hydrogen (secondary N) is 1. The Labute approximate surface area is 150 Å². The fourth-order valence-electron chi connectivity index (χ4n) is 2.82. The van der Waals surface area contributed by atoms with Crippen molar-refractivity contribution in [2.45, 2.75) is 26.7 Å². The predicted molar refractivity (Wildman–Crippen MR) is 98.5 cm³/mol. The number of para-hydroxylation sites is 1. The minimum atomic E-state index is -0.0115. The SMILES string of the molecule is Cc1nc(Nc2ccccc2Br)cc(C(=O)N2CCC(C)CC2)n1. The first-order valence-electron chi connectivity index (χ1n) is 8.19. The van der Waals surface area contributed by atoms with Crippen LogP contribution >= 0.6 is 15.9 Å². The first kappa shape index (κ1) is 16.9. The number of aryl methyl sites for hydroxylation is 1. The molecule has 24 heavy (non-hydrogen) atoms. The highest BCUT2D eigenvalue weighted by Gasteiger charge is 2.23. The molecule has 0 radical (unpaired) electrons. The van der Waals surface area contributed by atoms with Crippen LogP contribution < -0.4 is 5.32 Å². The molecule has 5 nitrogen and oxygen atoms in total. The van der Waals surface area contributed by atoms with Gasteiger partial charge in [-0.3, -0.25) is 4.79 Å². The Morgan fingerprint density at radius 3 is 2.67 bits per heavy atom. The van der Waals surface area contributed by atoms with Crippen molar-refractivity contribution in [2.24, 2.45) is 5.92 Å². The quantitative estimate of drug-likeness (QED) is 0.857. The minimum absolute atomic E-state index is 0.0115. The van der Waals surface area contributed by atoms with Gasteiger partial charge in [0, 0.05) is 23.6 Å². The molecule has 1 fully saturated rings. The molecule has 1 aromatic carbocycles. The zero-order valence-electron chi connectivity index (χ0n) is 13.9. The molecular formula is C18H21BrN4O. The summed E-state index contributed by atoms with van der Waals surface area (Å²) in [6, 6.07) is 9.54. The van der Waals surface area contributed by atoms with Crippen LogP contribution in [0, 0.1) is 12.8 Å². The highest BCUT2D eigenvalue weighted by atomic mass is 79.9. The first-order valence-corrected chi connectivity index (χ1v) is 8.99. The molecule has 0 atom stereocenters. The van der Waals surface area contributed by atoms with Crippen molar-refractivity contribution in [2.75, 3.05) is 18.4 Å². The van der Waals surface area contributed by atoms with Gasteiger partial charge < -0.3 is 10.2 Å². The summed E-state index contributed by atoms with van der Waals surface area (Å²) in [5.74, 6) is 1.89. The highest BCUT2D eigenvalue weighted by Crippen LogP contribution is 2.25. The van der Waals surface area contributed by atoms with E-state index in [2.05, 4.69) is 38.1 Å². The number of hydrogen-bond acceptors (Lipinski definition) is 4. The third-order valence-electron chi connectivity index (χ3n) is 4.26. The standard InChI is InChI=1S/C18H21BrN4O/c1-12-7-9-23(10-8-12)18(24)16-11-17(21-13(2)20-16)22-15-6-4-3-5-14(15)19/h3-6,11-12H,7-10H2,1-2H3,(H,20,21,22). The second-order valence-corrected chi connectivity index (χ2v) is 7.12. The maximum absolute atomic E-state index is 12.7. The molecule has 0 bridgehead atoms. The molecule has 126 valence electrons. The summed E-state index contributed by atoms with van der Waals surface area (Å²) in [6.45, 7) is 5.64. The van der Waals surface area contributed by atoms with Crippen molar-refractivity contribution in [3.05, 3.63) is 46.3 Å². The van der Waals surface area contributed by atoms with Gasteiger partial charge >= 0.3 is 0 Å². The number of likely N-dealkylation sites (tertiary alicyclic amines) is 1. The van der Waals surface area contributed by atoms with Crippen molar-refractivity contribution in [1.82, 2.24) is 14.9 Å². The molecule has 1 aromatic heterocycles. The molecule has 1 N–H and O–H groups in total. The van der Waals surface area contributed by atoms with Gasteiger partial charge in [-0.1, -0.05) is 19.1 Å². The lowest BCUT2D eigenvalue weighted by Crippen LogP contribution is -2.38. The molecule has 0 spiro atoms. The van der Waals surface area contributed by atoms with Gasteiger partial charge in [0.05, 0.1) is 5.69 Å². The Balaban J connectivity index is 1.81. The molecule has 1 saturated heterocycles. The molecule has 1 amide bonds. The highest BCUT2D eigenvalue weighted by molar-refractivity contribution is 9.10. The Bertz CT molecular complexity index is 742. The third-order valence-corrected chi connectivity index (χ3v) is 4.96. The van der Waals surface area contributed by atoms with Gasteiger partial charge in [-0.05, 0) is 53.7 Å². The molecule has 0 unspecified atom stereocenters. The summed E-state index contributed by atoms with van der Waals surface area (Å²) in [5, 5.41) is 3.25. The lowest BCUT2D eigenvalue weighted by Gasteiger charge is -2.30. The van der Waals surface area contributed by atoms with Crippen molar-refractivity contribution in [3.63, 3.8) is 0 Å². The van der Waals surface area contributed by atoms with E-state index in [4.69, 9.17) is 0 Å². The van der Waals surface area contributed by atoms with Crippen LogP contribution in [-0.2, 0) is 0 Å². The van der Waals surface area contributed by atoms with Gasteiger partial charge in [-0.25, -0.2) is 9.97 Å². The lowest BCUT2D eigenvalue weighted by atomic mass is 9.99. The van der Waals surface area contributed by atoms with Crippen LogP contribution in [0.3, 0.4) is 0 Å². The monoisotopic (exact) mass is 388 g/mol. The molecule has 2 heterocycles. The predicted octanol–water partition coefficient (Wildman–Crippen LogP) is 4.16. The zero-order chi connectivity index (χ0) is 17.1. The van der Waals surface area contributed by atoms with E-state index >= 15 is 0 Å². The summed E-state index contributed by atoms with van der Waals surface area (Å²) in [7, 11) is 0. The normalized spacial score (nSPS) is 15.4. The van der Waals surface area contributed by atoms with E-state index in [1.165, 1.54) is 0 Å². The summed E-state index contributed by atoms with van der Waals surface area (Å²) < 4.78 is 0.944. The third kappa shape index (κ3) is 3.93. The van der Waals surface area contributed by atoms with E-state index in [9.17, 15) is 4.79 Å². The Hall–Kier alpha value is -1.95. The Morgan fingerprint density at radius 1 is 1.25 bits per heavy atom. The molecule has 3 rings (SSSR count). The van der Waals surface area contributed by atoms with Gasteiger partial charge in [0.2, 0.25) is 0 Å². The fraction of sp³-hybridized carbons (Fsp3) is 0.389. The smallest absolute Gasteiger partial charge is 0.272 e. The number of carbonyl (C=O) groups is 1. The average molecular weight is 389 g/mol. The van der Waals surface area contributed by atoms with Gasteiger partial charge in [-0.15, -0.1) is 0 Å². The summed E-state index contributed by atoms with van der Waals surface area (Å²) in [6.07, 6.45) is 2.11. The van der Waals surface area contributed by atoms with Crippen LogP contribution in [0.25, 0.3) is 0 Å². The number of nitrogens with zero attached hydrogens (tertiary/aromatic N) is 3. The lowest BCUT2D eigenvalue weighted by molar-refractivity contribution is 0.0691. The maximum atomic E-state index is 12.7. The summed E-state index contributed by atoms with van der Waals surface area (Å²) >= 11 is 3.51. The van der Waals surface area contributed by atoms with Crippen molar-refractivity contribution in [1.29, 1.82) is 0 Å². The van der Waals surface area contributed by atoms with Gasteiger partial charge in [0.1, 0.15) is 17.3 Å². The molecule has 2 aromatic rings. The number of benzene rings is 1. The summed E-state index contributed by atoms with van der Waals surface area (Å²) in [5.41, 5.74) is 1.35. The van der Waals surface area contributed by atoms with Gasteiger partial charge in [0.25, 0.3) is 5.91 Å². The fourth-order valence-corrected chi connectivity index (χ4v) is 3.20. The number of halogens is 1. The summed E-state index contributed by atoms with van der Waals surface area (Å²) in [4.78, 5) is 23.4. The maximum Gasteiger partial charge on any atom is 0.272 e. The molecule has 0 aliphatic carbocycles. The first-order chi connectivity index (χ1) is 11.5. The van der Waals surface area contributed by atoms with Crippen molar-refractivity contribution >= 4 is 33.3 Å². The number of aromatic nitrogens is 2. The van der Waals surface area contributed by atoms with Crippen LogP contribution in [0.2, 0.25) is 0 Å². The topological polar surface area (TPSA) is 58.1 Å². The Morgan fingerprint density at radius 2 is 1.96 bits per heavy atom. The van der Waals surface area contributed by atoms with Crippen molar-refractivity contribution in [3.8, 4) is 0 Å².